The van der Waals surface area contributed by atoms with E-state index in [-0.39, 0.29) is 0 Å². The van der Waals surface area contributed by atoms with E-state index in [0.717, 1.165) is 21.1 Å². The molecule has 1 aliphatic carbocycles. The van der Waals surface area contributed by atoms with Crippen molar-refractivity contribution in [1.29, 1.82) is 0 Å². The third-order valence-corrected chi connectivity index (χ3v) is 7.67. The van der Waals surface area contributed by atoms with Crippen molar-refractivity contribution in [3.05, 3.63) is 0 Å². The van der Waals surface area contributed by atoms with Crippen LogP contribution in [0.15, 0.2) is 8.68 Å². The number of nitrogens with zero attached hydrogens (tertiary/aromatic N) is 2. The van der Waals surface area contributed by atoms with Gasteiger partial charge in [-0.05, 0) is 49.3 Å². The minimum Gasteiger partial charge on any atom is -0.330 e. The molecular formula is C14H25N3S3. The zero-order chi connectivity index (χ0) is 14.8. The second-order valence-corrected chi connectivity index (χ2v) is 10.1. The van der Waals surface area contributed by atoms with Crippen LogP contribution in [-0.4, -0.2) is 28.2 Å². The predicted octanol–water partition coefficient (Wildman–Crippen LogP) is 4.14. The third kappa shape index (κ3) is 4.12. The lowest BCUT2D eigenvalue weighted by molar-refractivity contribution is 0.157. The van der Waals surface area contributed by atoms with Crippen LogP contribution in [-0.2, 0) is 0 Å². The molecule has 2 rings (SSSR count). The van der Waals surface area contributed by atoms with Gasteiger partial charge in [0.15, 0.2) is 8.68 Å². The standard InChI is InChI=1S/C14H25N3S3/c1-14(2,3)10-6-5-9(8-15)11(7-10)19-13-17-16-12(18-4)20-13/h9-11H,5-8,15H2,1-4H3. The molecule has 1 fully saturated rings. The van der Waals surface area contributed by atoms with Crippen molar-refractivity contribution in [2.24, 2.45) is 23.0 Å². The third-order valence-electron chi connectivity index (χ3n) is 4.27. The Kier molecular flexibility index (Phi) is 5.79. The van der Waals surface area contributed by atoms with E-state index >= 15 is 0 Å². The molecule has 0 radical (unpaired) electrons. The molecule has 2 N–H and O–H groups in total. The molecule has 0 amide bonds. The normalized spacial score (nSPS) is 27.8. The molecule has 114 valence electrons. The number of rotatable bonds is 4. The van der Waals surface area contributed by atoms with Gasteiger partial charge in [0.05, 0.1) is 0 Å². The summed E-state index contributed by atoms with van der Waals surface area (Å²) in [6, 6.07) is 0. The minimum absolute atomic E-state index is 0.393. The van der Waals surface area contributed by atoms with Crippen molar-refractivity contribution in [2.75, 3.05) is 12.8 Å². The Morgan fingerprint density at radius 3 is 2.50 bits per heavy atom. The summed E-state index contributed by atoms with van der Waals surface area (Å²) in [6.45, 7) is 7.87. The fraction of sp³-hybridized carbons (Fsp3) is 0.857. The minimum atomic E-state index is 0.393. The maximum absolute atomic E-state index is 5.98. The second kappa shape index (κ2) is 6.99. The van der Waals surface area contributed by atoms with Gasteiger partial charge in [-0.25, -0.2) is 0 Å². The zero-order valence-electron chi connectivity index (χ0n) is 12.8. The SMILES string of the molecule is CSc1nnc(SC2CC(C(C)(C)C)CCC2CN)s1. The lowest BCUT2D eigenvalue weighted by atomic mass is 9.69. The van der Waals surface area contributed by atoms with Crippen LogP contribution in [0.4, 0.5) is 0 Å². The highest BCUT2D eigenvalue weighted by atomic mass is 32.2. The van der Waals surface area contributed by atoms with Gasteiger partial charge >= 0.3 is 0 Å². The summed E-state index contributed by atoms with van der Waals surface area (Å²) in [4.78, 5) is 0. The number of nitrogens with two attached hydrogens (primary N) is 1. The highest BCUT2D eigenvalue weighted by molar-refractivity contribution is 8.03. The lowest BCUT2D eigenvalue weighted by Crippen LogP contribution is -2.36. The van der Waals surface area contributed by atoms with Crippen LogP contribution in [0.25, 0.3) is 0 Å². The van der Waals surface area contributed by atoms with Gasteiger partial charge in [-0.15, -0.1) is 10.2 Å². The first-order valence-electron chi connectivity index (χ1n) is 7.18. The van der Waals surface area contributed by atoms with E-state index in [2.05, 4.69) is 31.0 Å². The molecule has 1 aromatic heterocycles. The van der Waals surface area contributed by atoms with E-state index in [0.29, 0.717) is 16.6 Å². The monoisotopic (exact) mass is 331 g/mol. The molecule has 1 saturated carbocycles. The topological polar surface area (TPSA) is 51.8 Å². The van der Waals surface area contributed by atoms with Gasteiger partial charge < -0.3 is 5.73 Å². The van der Waals surface area contributed by atoms with E-state index in [4.69, 9.17) is 5.73 Å². The lowest BCUT2D eigenvalue weighted by Gasteiger charge is -2.41. The zero-order valence-corrected chi connectivity index (χ0v) is 15.2. The molecule has 1 aromatic rings. The summed E-state index contributed by atoms with van der Waals surface area (Å²) in [5, 5.41) is 9.10. The first kappa shape index (κ1) is 16.6. The van der Waals surface area contributed by atoms with Crippen LogP contribution in [0.2, 0.25) is 0 Å². The molecule has 3 nitrogen and oxygen atoms in total. The van der Waals surface area contributed by atoms with Crippen molar-refractivity contribution in [2.45, 2.75) is 54.0 Å². The Hall–Kier alpha value is 0.220. The van der Waals surface area contributed by atoms with Crippen molar-refractivity contribution >= 4 is 34.9 Å². The number of aromatic nitrogens is 2. The molecule has 3 atom stereocenters. The van der Waals surface area contributed by atoms with E-state index in [1.54, 1.807) is 23.1 Å². The maximum Gasteiger partial charge on any atom is 0.175 e. The van der Waals surface area contributed by atoms with Gasteiger partial charge in [0.1, 0.15) is 0 Å². The van der Waals surface area contributed by atoms with Gasteiger partial charge in [0.25, 0.3) is 0 Å². The Morgan fingerprint density at radius 1 is 1.25 bits per heavy atom. The Labute approximate surface area is 134 Å². The van der Waals surface area contributed by atoms with Crippen LogP contribution < -0.4 is 5.73 Å². The number of thioether (sulfide) groups is 2. The summed E-state index contributed by atoms with van der Waals surface area (Å²) in [5.74, 6) is 1.41. The molecule has 6 heteroatoms. The van der Waals surface area contributed by atoms with Crippen molar-refractivity contribution in [3.8, 4) is 0 Å². The Balaban J connectivity index is 2.05. The highest BCUT2D eigenvalue weighted by Gasteiger charge is 2.36. The van der Waals surface area contributed by atoms with Crippen LogP contribution >= 0.6 is 34.9 Å². The molecule has 0 bridgehead atoms. The van der Waals surface area contributed by atoms with Crippen molar-refractivity contribution in [1.82, 2.24) is 10.2 Å². The maximum atomic E-state index is 5.98. The predicted molar refractivity (Wildman–Crippen MR) is 90.7 cm³/mol. The quantitative estimate of drug-likeness (QED) is 0.840. The van der Waals surface area contributed by atoms with E-state index in [9.17, 15) is 0 Å². The average molecular weight is 332 g/mol. The van der Waals surface area contributed by atoms with Crippen LogP contribution in [0.5, 0.6) is 0 Å². The summed E-state index contributed by atoms with van der Waals surface area (Å²) in [6.07, 6.45) is 5.87. The van der Waals surface area contributed by atoms with Gasteiger partial charge in [-0.1, -0.05) is 55.6 Å². The summed E-state index contributed by atoms with van der Waals surface area (Å²) in [7, 11) is 0. The van der Waals surface area contributed by atoms with Crippen LogP contribution in [0.3, 0.4) is 0 Å². The van der Waals surface area contributed by atoms with E-state index in [1.807, 2.05) is 18.0 Å². The molecule has 0 saturated heterocycles. The second-order valence-electron chi connectivity index (χ2n) is 6.57. The number of hydrogen-bond donors (Lipinski definition) is 1. The molecule has 0 aromatic carbocycles. The van der Waals surface area contributed by atoms with E-state index in [1.165, 1.54) is 19.3 Å². The summed E-state index contributed by atoms with van der Waals surface area (Å²) >= 11 is 5.29. The van der Waals surface area contributed by atoms with Gasteiger partial charge in [0.2, 0.25) is 0 Å². The van der Waals surface area contributed by atoms with Crippen molar-refractivity contribution < 1.29 is 0 Å². The summed E-state index contributed by atoms with van der Waals surface area (Å²) < 4.78 is 2.16. The van der Waals surface area contributed by atoms with Gasteiger partial charge in [0, 0.05) is 5.25 Å². The van der Waals surface area contributed by atoms with Crippen LogP contribution in [0, 0.1) is 17.3 Å². The molecule has 1 heterocycles. The molecule has 1 aliphatic rings. The average Bonchev–Trinajstić information content (AvgIpc) is 2.85. The molecule has 0 spiro atoms. The smallest absolute Gasteiger partial charge is 0.175 e. The first-order chi connectivity index (χ1) is 9.44. The first-order valence-corrected chi connectivity index (χ1v) is 10.1. The Bertz CT molecular complexity index is 428. The fourth-order valence-corrected chi connectivity index (χ4v) is 5.93. The highest BCUT2D eigenvalue weighted by Crippen LogP contribution is 2.46. The molecule has 3 unspecified atom stereocenters. The summed E-state index contributed by atoms with van der Waals surface area (Å²) in [5.41, 5.74) is 6.38. The van der Waals surface area contributed by atoms with Gasteiger partial charge in [-0.3, -0.25) is 0 Å². The number of hydrogen-bond acceptors (Lipinski definition) is 6. The van der Waals surface area contributed by atoms with Gasteiger partial charge in [-0.2, -0.15) is 0 Å². The molecule has 20 heavy (non-hydrogen) atoms. The molecular weight excluding hydrogens is 306 g/mol. The van der Waals surface area contributed by atoms with Crippen LogP contribution in [0.1, 0.15) is 40.0 Å². The van der Waals surface area contributed by atoms with Crippen molar-refractivity contribution in [3.63, 3.8) is 0 Å². The van der Waals surface area contributed by atoms with E-state index < -0.39 is 0 Å². The fourth-order valence-electron chi connectivity index (χ4n) is 2.85. The molecule has 0 aliphatic heterocycles. The Morgan fingerprint density at radius 2 is 1.95 bits per heavy atom. The largest absolute Gasteiger partial charge is 0.330 e.